The Hall–Kier alpha value is -1.88. The number of hydrogen-bond acceptors (Lipinski definition) is 4. The zero-order valence-corrected chi connectivity index (χ0v) is 12.8. The van der Waals surface area contributed by atoms with Crippen LogP contribution in [0.4, 0.5) is 5.82 Å². The third-order valence-electron chi connectivity index (χ3n) is 2.93. The summed E-state index contributed by atoms with van der Waals surface area (Å²) in [5.41, 5.74) is 0.578. The van der Waals surface area contributed by atoms with Gasteiger partial charge >= 0.3 is 0 Å². The highest BCUT2D eigenvalue weighted by Gasteiger charge is 2.16. The van der Waals surface area contributed by atoms with Gasteiger partial charge in [-0.05, 0) is 45.0 Å². The van der Waals surface area contributed by atoms with E-state index in [1.807, 2.05) is 13.8 Å². The molecular formula is C15H19N3OS. The molecule has 0 aliphatic carbocycles. The molecule has 4 nitrogen and oxygen atoms in total. The van der Waals surface area contributed by atoms with Gasteiger partial charge < -0.3 is 10.6 Å². The number of rotatable bonds is 5. The highest BCUT2D eigenvalue weighted by Crippen LogP contribution is 2.23. The number of carbonyl (C=O) groups excluding carboxylic acids is 1. The van der Waals surface area contributed by atoms with Crippen molar-refractivity contribution in [3.63, 3.8) is 0 Å². The maximum Gasteiger partial charge on any atom is 0.255 e. The van der Waals surface area contributed by atoms with Gasteiger partial charge in [0.25, 0.3) is 5.91 Å². The van der Waals surface area contributed by atoms with Crippen molar-refractivity contribution in [2.45, 2.75) is 26.8 Å². The highest BCUT2D eigenvalue weighted by molar-refractivity contribution is 7.12. The van der Waals surface area contributed by atoms with Crippen molar-refractivity contribution in [3.05, 3.63) is 45.8 Å². The molecule has 1 unspecified atom stereocenters. The maximum atomic E-state index is 12.3. The van der Waals surface area contributed by atoms with Crippen LogP contribution in [-0.2, 0) is 0 Å². The molecule has 0 fully saturated rings. The zero-order chi connectivity index (χ0) is 14.5. The molecule has 0 saturated heterocycles. The molecule has 2 heterocycles. The van der Waals surface area contributed by atoms with Gasteiger partial charge in [-0.15, -0.1) is 11.3 Å². The fourth-order valence-corrected chi connectivity index (χ4v) is 2.81. The SMILES string of the molecule is CCNc1ncccc1C(=O)NC(C)c1ccc(C)s1. The molecule has 2 aromatic rings. The molecule has 2 N–H and O–H groups in total. The van der Waals surface area contributed by atoms with Gasteiger partial charge in [0, 0.05) is 22.5 Å². The molecule has 0 aromatic carbocycles. The summed E-state index contributed by atoms with van der Waals surface area (Å²) >= 11 is 1.70. The molecule has 0 aliphatic rings. The normalized spacial score (nSPS) is 11.9. The number of nitrogens with one attached hydrogen (secondary N) is 2. The average molecular weight is 289 g/mol. The van der Waals surface area contributed by atoms with Crippen LogP contribution >= 0.6 is 11.3 Å². The smallest absolute Gasteiger partial charge is 0.255 e. The summed E-state index contributed by atoms with van der Waals surface area (Å²) in [4.78, 5) is 19.0. The second-order valence-corrected chi connectivity index (χ2v) is 5.89. The minimum absolute atomic E-state index is 0.00381. The minimum Gasteiger partial charge on any atom is -0.370 e. The number of pyridine rings is 1. The molecular weight excluding hydrogens is 270 g/mol. The van der Waals surface area contributed by atoms with Crippen molar-refractivity contribution < 1.29 is 4.79 Å². The molecule has 2 aromatic heterocycles. The summed E-state index contributed by atoms with van der Waals surface area (Å²) in [7, 11) is 0. The molecule has 0 spiro atoms. The number of aromatic nitrogens is 1. The molecule has 0 saturated carbocycles. The predicted molar refractivity (Wildman–Crippen MR) is 83.3 cm³/mol. The number of anilines is 1. The molecule has 5 heteroatoms. The molecule has 0 aliphatic heterocycles. The molecule has 0 bridgehead atoms. The van der Waals surface area contributed by atoms with Crippen LogP contribution in [0.5, 0.6) is 0 Å². The van der Waals surface area contributed by atoms with E-state index in [1.165, 1.54) is 4.88 Å². The Morgan fingerprint density at radius 1 is 1.40 bits per heavy atom. The molecule has 106 valence electrons. The van der Waals surface area contributed by atoms with Gasteiger partial charge in [0.1, 0.15) is 5.82 Å². The van der Waals surface area contributed by atoms with Gasteiger partial charge in [0.05, 0.1) is 11.6 Å². The van der Waals surface area contributed by atoms with Gasteiger partial charge in [0.2, 0.25) is 0 Å². The summed E-state index contributed by atoms with van der Waals surface area (Å²) in [5, 5.41) is 6.12. The van der Waals surface area contributed by atoms with Gasteiger partial charge in [-0.3, -0.25) is 4.79 Å². The first-order valence-corrected chi connectivity index (χ1v) is 7.49. The van der Waals surface area contributed by atoms with E-state index in [0.717, 1.165) is 11.4 Å². The summed E-state index contributed by atoms with van der Waals surface area (Å²) < 4.78 is 0. The Morgan fingerprint density at radius 3 is 2.85 bits per heavy atom. The third-order valence-corrected chi connectivity index (χ3v) is 4.12. The number of aryl methyl sites for hydroxylation is 1. The number of hydrogen-bond donors (Lipinski definition) is 2. The standard InChI is InChI=1S/C15H19N3OS/c1-4-16-14-12(6-5-9-17-14)15(19)18-11(3)13-8-7-10(2)20-13/h5-9,11H,4H2,1-3H3,(H,16,17)(H,18,19). The molecule has 2 rings (SSSR count). The van der Waals surface area contributed by atoms with Gasteiger partial charge in [-0.2, -0.15) is 0 Å². The largest absolute Gasteiger partial charge is 0.370 e. The van der Waals surface area contributed by atoms with Crippen LogP contribution in [0.1, 0.15) is 40.0 Å². The van der Waals surface area contributed by atoms with Crippen LogP contribution in [0.2, 0.25) is 0 Å². The Kier molecular flexibility index (Phi) is 4.74. The van der Waals surface area contributed by atoms with E-state index in [4.69, 9.17) is 0 Å². The highest BCUT2D eigenvalue weighted by atomic mass is 32.1. The summed E-state index contributed by atoms with van der Waals surface area (Å²) in [6.45, 7) is 6.77. The lowest BCUT2D eigenvalue weighted by Crippen LogP contribution is -2.27. The fourth-order valence-electron chi connectivity index (χ4n) is 1.93. The van der Waals surface area contributed by atoms with E-state index >= 15 is 0 Å². The van der Waals surface area contributed by atoms with E-state index in [9.17, 15) is 4.79 Å². The van der Waals surface area contributed by atoms with Crippen LogP contribution in [0.15, 0.2) is 30.5 Å². The Balaban J connectivity index is 2.12. The molecule has 1 atom stereocenters. The van der Waals surface area contributed by atoms with Crippen molar-refractivity contribution >= 4 is 23.1 Å². The van der Waals surface area contributed by atoms with Gasteiger partial charge in [-0.1, -0.05) is 0 Å². The summed E-state index contributed by atoms with van der Waals surface area (Å²) in [6.07, 6.45) is 1.68. The van der Waals surface area contributed by atoms with Crippen molar-refractivity contribution in [1.29, 1.82) is 0 Å². The van der Waals surface area contributed by atoms with E-state index < -0.39 is 0 Å². The van der Waals surface area contributed by atoms with Crippen molar-refractivity contribution in [3.8, 4) is 0 Å². The first-order valence-electron chi connectivity index (χ1n) is 6.68. The van der Waals surface area contributed by atoms with Crippen LogP contribution in [0.3, 0.4) is 0 Å². The van der Waals surface area contributed by atoms with Crippen molar-refractivity contribution in [2.75, 3.05) is 11.9 Å². The second-order valence-electron chi connectivity index (χ2n) is 4.57. The third kappa shape index (κ3) is 3.36. The minimum atomic E-state index is -0.104. The van der Waals surface area contributed by atoms with E-state index in [2.05, 4.69) is 34.7 Å². The van der Waals surface area contributed by atoms with Gasteiger partial charge in [-0.25, -0.2) is 4.98 Å². The lowest BCUT2D eigenvalue weighted by molar-refractivity contribution is 0.0941. The topological polar surface area (TPSA) is 54.0 Å². The van der Waals surface area contributed by atoms with E-state index in [1.54, 1.807) is 29.7 Å². The predicted octanol–water partition coefficient (Wildman–Crippen LogP) is 3.37. The fraction of sp³-hybridized carbons (Fsp3) is 0.333. The lowest BCUT2D eigenvalue weighted by Gasteiger charge is -2.14. The van der Waals surface area contributed by atoms with Crippen LogP contribution < -0.4 is 10.6 Å². The Morgan fingerprint density at radius 2 is 2.20 bits per heavy atom. The van der Waals surface area contributed by atoms with E-state index in [-0.39, 0.29) is 11.9 Å². The molecule has 0 radical (unpaired) electrons. The second kappa shape index (κ2) is 6.52. The van der Waals surface area contributed by atoms with Crippen LogP contribution in [-0.4, -0.2) is 17.4 Å². The number of amides is 1. The summed E-state index contributed by atoms with van der Waals surface area (Å²) in [6, 6.07) is 7.68. The van der Waals surface area contributed by atoms with Gasteiger partial charge in [0.15, 0.2) is 0 Å². The molecule has 1 amide bonds. The first-order chi connectivity index (χ1) is 9.61. The van der Waals surface area contributed by atoms with Crippen LogP contribution in [0, 0.1) is 6.92 Å². The quantitative estimate of drug-likeness (QED) is 0.887. The number of thiophene rings is 1. The summed E-state index contributed by atoms with van der Waals surface area (Å²) in [5.74, 6) is 0.523. The number of carbonyl (C=O) groups is 1. The Labute approximate surface area is 123 Å². The zero-order valence-electron chi connectivity index (χ0n) is 11.9. The maximum absolute atomic E-state index is 12.3. The van der Waals surface area contributed by atoms with Crippen molar-refractivity contribution in [1.82, 2.24) is 10.3 Å². The Bertz CT molecular complexity index is 594. The number of nitrogens with zero attached hydrogens (tertiary/aromatic N) is 1. The molecule has 20 heavy (non-hydrogen) atoms. The average Bonchev–Trinajstić information content (AvgIpc) is 2.86. The lowest BCUT2D eigenvalue weighted by atomic mass is 10.2. The van der Waals surface area contributed by atoms with E-state index in [0.29, 0.717) is 11.4 Å². The van der Waals surface area contributed by atoms with Crippen LogP contribution in [0.25, 0.3) is 0 Å². The monoisotopic (exact) mass is 289 g/mol. The first kappa shape index (κ1) is 14.5. The van der Waals surface area contributed by atoms with Crippen molar-refractivity contribution in [2.24, 2.45) is 0 Å².